The van der Waals surface area contributed by atoms with Gasteiger partial charge in [0.05, 0.1) is 0 Å². The molecule has 82 valence electrons. The Morgan fingerprint density at radius 1 is 1.40 bits per heavy atom. The minimum Gasteiger partial charge on any atom is -0.296 e. The van der Waals surface area contributed by atoms with Crippen molar-refractivity contribution in [3.63, 3.8) is 0 Å². The van der Waals surface area contributed by atoms with Gasteiger partial charge in [0.2, 0.25) is 0 Å². The average molecular weight is 206 g/mol. The Morgan fingerprint density at radius 2 is 2.20 bits per heavy atom. The highest BCUT2D eigenvalue weighted by molar-refractivity contribution is 5.18. The van der Waals surface area contributed by atoms with E-state index in [1.807, 2.05) is 11.5 Å². The summed E-state index contributed by atoms with van der Waals surface area (Å²) in [7, 11) is 0. The molecule has 1 aromatic heterocycles. The maximum Gasteiger partial charge on any atom is 0.256 e. The summed E-state index contributed by atoms with van der Waals surface area (Å²) in [5.41, 5.74) is 2.07. The molecule has 0 unspecified atom stereocenters. The molecule has 0 amide bonds. The number of nitrogens with zero attached hydrogens (tertiary/aromatic N) is 2. The Kier molecular flexibility index (Phi) is 2.89. The fourth-order valence-corrected chi connectivity index (χ4v) is 2.27. The zero-order valence-corrected chi connectivity index (χ0v) is 9.55. The van der Waals surface area contributed by atoms with E-state index in [9.17, 15) is 4.79 Å². The summed E-state index contributed by atoms with van der Waals surface area (Å²) < 4.78 is 1.88. The van der Waals surface area contributed by atoms with E-state index in [4.69, 9.17) is 0 Å². The first kappa shape index (κ1) is 10.4. The lowest BCUT2D eigenvalue weighted by atomic mass is 10.1. The van der Waals surface area contributed by atoms with E-state index in [0.29, 0.717) is 0 Å². The molecule has 0 saturated carbocycles. The fraction of sp³-hybridized carbons (Fsp3) is 0.667. The van der Waals surface area contributed by atoms with Crippen molar-refractivity contribution in [2.45, 2.75) is 52.5 Å². The average Bonchev–Trinajstić information content (AvgIpc) is 2.24. The predicted octanol–water partition coefficient (Wildman–Crippen LogP) is 1.84. The van der Waals surface area contributed by atoms with Crippen molar-refractivity contribution in [3.8, 4) is 0 Å². The van der Waals surface area contributed by atoms with Gasteiger partial charge in [0.25, 0.3) is 5.56 Å². The molecule has 0 N–H and O–H groups in total. The Labute approximate surface area is 90.2 Å². The van der Waals surface area contributed by atoms with Crippen LogP contribution in [0, 0.1) is 6.92 Å². The molecule has 0 fully saturated rings. The van der Waals surface area contributed by atoms with Crippen LogP contribution in [0.25, 0.3) is 0 Å². The third-order valence-electron chi connectivity index (χ3n) is 3.08. The summed E-state index contributed by atoms with van der Waals surface area (Å²) in [6.07, 6.45) is 5.11. The summed E-state index contributed by atoms with van der Waals surface area (Å²) in [6.45, 7) is 4.92. The van der Waals surface area contributed by atoms with Crippen LogP contribution in [0.4, 0.5) is 0 Å². The molecule has 3 heteroatoms. The SMILES string of the molecule is CCCc1c(C)nc2n(c1=O)CCCC2. The number of hydrogen-bond acceptors (Lipinski definition) is 2. The van der Waals surface area contributed by atoms with Crippen molar-refractivity contribution in [2.75, 3.05) is 0 Å². The molecule has 2 heterocycles. The number of rotatable bonds is 2. The highest BCUT2D eigenvalue weighted by Gasteiger charge is 2.15. The van der Waals surface area contributed by atoms with Crippen molar-refractivity contribution in [2.24, 2.45) is 0 Å². The summed E-state index contributed by atoms with van der Waals surface area (Å²) in [6, 6.07) is 0. The van der Waals surface area contributed by atoms with Crippen LogP contribution in [-0.4, -0.2) is 9.55 Å². The molecular formula is C12H18N2O. The maximum absolute atomic E-state index is 12.1. The minimum atomic E-state index is 0.207. The van der Waals surface area contributed by atoms with Crippen molar-refractivity contribution >= 4 is 0 Å². The second-order valence-electron chi connectivity index (χ2n) is 4.26. The third-order valence-corrected chi connectivity index (χ3v) is 3.08. The maximum atomic E-state index is 12.1. The van der Waals surface area contributed by atoms with Crippen LogP contribution in [0.3, 0.4) is 0 Å². The highest BCUT2D eigenvalue weighted by atomic mass is 16.1. The van der Waals surface area contributed by atoms with Crippen molar-refractivity contribution < 1.29 is 0 Å². The lowest BCUT2D eigenvalue weighted by molar-refractivity contribution is 0.489. The van der Waals surface area contributed by atoms with Crippen molar-refractivity contribution in [1.29, 1.82) is 0 Å². The molecular weight excluding hydrogens is 188 g/mol. The third kappa shape index (κ3) is 1.83. The zero-order chi connectivity index (χ0) is 10.8. The van der Waals surface area contributed by atoms with Crippen LogP contribution in [0.15, 0.2) is 4.79 Å². The van der Waals surface area contributed by atoms with E-state index < -0.39 is 0 Å². The highest BCUT2D eigenvalue weighted by Crippen LogP contribution is 2.12. The van der Waals surface area contributed by atoms with Crippen LogP contribution in [-0.2, 0) is 19.4 Å². The van der Waals surface area contributed by atoms with Crippen LogP contribution in [0.1, 0.15) is 43.3 Å². The van der Waals surface area contributed by atoms with Crippen LogP contribution in [0.2, 0.25) is 0 Å². The van der Waals surface area contributed by atoms with E-state index in [1.165, 1.54) is 6.42 Å². The molecule has 2 rings (SSSR count). The second-order valence-corrected chi connectivity index (χ2v) is 4.26. The van der Waals surface area contributed by atoms with Gasteiger partial charge in [0, 0.05) is 24.2 Å². The van der Waals surface area contributed by atoms with E-state index in [0.717, 1.165) is 49.3 Å². The van der Waals surface area contributed by atoms with Gasteiger partial charge in [0.1, 0.15) is 5.82 Å². The molecule has 0 bridgehead atoms. The molecule has 0 radical (unpaired) electrons. The molecule has 0 spiro atoms. The van der Waals surface area contributed by atoms with E-state index in [2.05, 4.69) is 11.9 Å². The number of aromatic nitrogens is 2. The predicted molar refractivity (Wildman–Crippen MR) is 60.2 cm³/mol. The van der Waals surface area contributed by atoms with Gasteiger partial charge in [-0.3, -0.25) is 9.36 Å². The van der Waals surface area contributed by atoms with E-state index in [1.54, 1.807) is 0 Å². The molecule has 0 saturated heterocycles. The van der Waals surface area contributed by atoms with Crippen molar-refractivity contribution in [1.82, 2.24) is 9.55 Å². The molecule has 1 aliphatic rings. The second kappa shape index (κ2) is 4.17. The first-order valence-electron chi connectivity index (χ1n) is 5.83. The van der Waals surface area contributed by atoms with Gasteiger partial charge in [-0.2, -0.15) is 0 Å². The van der Waals surface area contributed by atoms with Gasteiger partial charge < -0.3 is 0 Å². The van der Waals surface area contributed by atoms with E-state index in [-0.39, 0.29) is 5.56 Å². The van der Waals surface area contributed by atoms with Gasteiger partial charge in [-0.1, -0.05) is 13.3 Å². The van der Waals surface area contributed by atoms with Crippen LogP contribution >= 0.6 is 0 Å². The van der Waals surface area contributed by atoms with E-state index >= 15 is 0 Å². The van der Waals surface area contributed by atoms with Crippen LogP contribution < -0.4 is 5.56 Å². The largest absolute Gasteiger partial charge is 0.296 e. The van der Waals surface area contributed by atoms with Gasteiger partial charge in [-0.15, -0.1) is 0 Å². The lowest BCUT2D eigenvalue weighted by Gasteiger charge is -2.19. The molecule has 0 aromatic carbocycles. The molecule has 0 atom stereocenters. The summed E-state index contributed by atoms with van der Waals surface area (Å²) in [4.78, 5) is 16.7. The first-order chi connectivity index (χ1) is 7.24. The molecule has 1 aliphatic heterocycles. The molecule has 3 nitrogen and oxygen atoms in total. The standard InChI is InChI=1S/C12H18N2O/c1-3-6-10-9(2)13-11-7-4-5-8-14(11)12(10)15/h3-8H2,1-2H3. The number of aryl methyl sites for hydroxylation is 2. The number of hydrogen-bond donors (Lipinski definition) is 0. The van der Waals surface area contributed by atoms with Gasteiger partial charge in [-0.05, 0) is 26.2 Å². The lowest BCUT2D eigenvalue weighted by Crippen LogP contribution is -2.31. The molecule has 15 heavy (non-hydrogen) atoms. The number of fused-ring (bicyclic) bond motifs is 1. The Hall–Kier alpha value is -1.12. The smallest absolute Gasteiger partial charge is 0.256 e. The summed E-state index contributed by atoms with van der Waals surface area (Å²) in [5, 5.41) is 0. The van der Waals surface area contributed by atoms with Crippen LogP contribution in [0.5, 0.6) is 0 Å². The van der Waals surface area contributed by atoms with Crippen molar-refractivity contribution in [3.05, 3.63) is 27.4 Å². The summed E-state index contributed by atoms with van der Waals surface area (Å²) in [5.74, 6) is 0.989. The minimum absolute atomic E-state index is 0.207. The molecule has 1 aromatic rings. The topological polar surface area (TPSA) is 34.9 Å². The van der Waals surface area contributed by atoms with Gasteiger partial charge >= 0.3 is 0 Å². The summed E-state index contributed by atoms with van der Waals surface area (Å²) >= 11 is 0. The van der Waals surface area contributed by atoms with Gasteiger partial charge in [-0.25, -0.2) is 4.98 Å². The molecule has 0 aliphatic carbocycles. The Bertz CT molecular complexity index is 420. The quantitative estimate of drug-likeness (QED) is 0.740. The normalized spacial score (nSPS) is 15.1. The monoisotopic (exact) mass is 206 g/mol. The first-order valence-corrected chi connectivity index (χ1v) is 5.83. The zero-order valence-electron chi connectivity index (χ0n) is 9.55. The Balaban J connectivity index is 2.54. The van der Waals surface area contributed by atoms with Gasteiger partial charge in [0.15, 0.2) is 0 Å². The Morgan fingerprint density at radius 3 is 2.93 bits per heavy atom. The fourth-order valence-electron chi connectivity index (χ4n) is 2.27.